The summed E-state index contributed by atoms with van der Waals surface area (Å²) in [7, 11) is 0.697. The van der Waals surface area contributed by atoms with Crippen LogP contribution in [0.1, 0.15) is 39.8 Å². The van der Waals surface area contributed by atoms with Crippen LogP contribution < -0.4 is 15.0 Å². The van der Waals surface area contributed by atoms with Crippen molar-refractivity contribution in [1.29, 1.82) is 0 Å². The Morgan fingerprint density at radius 3 is 1.48 bits per heavy atom. The van der Waals surface area contributed by atoms with Crippen molar-refractivity contribution in [1.82, 2.24) is 0 Å². The molecular weight excluding hydrogens is 392 g/mol. The second kappa shape index (κ2) is 8.92. The van der Waals surface area contributed by atoms with Gasteiger partial charge in [-0.3, -0.25) is 0 Å². The first-order valence-corrected chi connectivity index (χ1v) is 12.4. The molecular formula is C28H34N2Si. The molecule has 0 bridgehead atoms. The van der Waals surface area contributed by atoms with Crippen LogP contribution >= 0.6 is 0 Å². The van der Waals surface area contributed by atoms with E-state index in [1.54, 1.807) is 0 Å². The van der Waals surface area contributed by atoms with E-state index in [1.165, 1.54) is 56.4 Å². The molecule has 4 rings (SSSR count). The molecule has 3 aromatic rings. The van der Waals surface area contributed by atoms with Crippen LogP contribution in [0.25, 0.3) is 0 Å². The number of aryl methyl sites for hydroxylation is 6. The van der Waals surface area contributed by atoms with Gasteiger partial charge in [0.15, 0.2) is 0 Å². The van der Waals surface area contributed by atoms with E-state index in [1.807, 2.05) is 0 Å². The maximum absolute atomic E-state index is 2.69. The summed E-state index contributed by atoms with van der Waals surface area (Å²) in [5, 5.41) is 1.43. The summed E-state index contributed by atoms with van der Waals surface area (Å²) in [6, 6.07) is 20.4. The second-order valence-corrected chi connectivity index (χ2v) is 10.5. The molecule has 1 saturated heterocycles. The molecule has 0 saturated carbocycles. The van der Waals surface area contributed by atoms with Gasteiger partial charge in [-0.25, -0.2) is 0 Å². The van der Waals surface area contributed by atoms with Gasteiger partial charge in [0.1, 0.15) is 9.52 Å². The Morgan fingerprint density at radius 2 is 1.06 bits per heavy atom. The molecule has 0 unspecified atom stereocenters. The molecule has 0 aliphatic carbocycles. The van der Waals surface area contributed by atoms with Gasteiger partial charge in [-0.05, 0) is 70.2 Å². The fraction of sp³-hybridized carbons (Fsp3) is 0.357. The fourth-order valence-electron chi connectivity index (χ4n) is 5.38. The zero-order chi connectivity index (χ0) is 22.1. The highest BCUT2D eigenvalue weighted by Crippen LogP contribution is 2.35. The number of benzene rings is 3. The van der Waals surface area contributed by atoms with Crippen LogP contribution in [-0.2, 0) is 0 Å². The summed E-state index contributed by atoms with van der Waals surface area (Å²) in [4.78, 5) is 5.38. The summed E-state index contributed by atoms with van der Waals surface area (Å²) in [6.45, 7) is 15.7. The number of rotatable bonds is 4. The van der Waals surface area contributed by atoms with Crippen LogP contribution in [0.2, 0.25) is 0 Å². The SMILES string of the molecule is Cc1cc(C)c(N2CCCN(c3c(C)cc(C)cc3C)C2[Si]c2ccccc2)c(C)c1. The van der Waals surface area contributed by atoms with Crippen molar-refractivity contribution < 1.29 is 0 Å². The molecule has 2 nitrogen and oxygen atoms in total. The van der Waals surface area contributed by atoms with E-state index >= 15 is 0 Å². The lowest BCUT2D eigenvalue weighted by atomic mass is 10.0. The van der Waals surface area contributed by atoms with Crippen molar-refractivity contribution in [2.24, 2.45) is 0 Å². The molecule has 0 N–H and O–H groups in total. The molecule has 1 heterocycles. The number of hydrogen-bond donors (Lipinski definition) is 0. The summed E-state index contributed by atoms with van der Waals surface area (Å²) < 4.78 is 0. The highest BCUT2D eigenvalue weighted by molar-refractivity contribution is 6.56. The van der Waals surface area contributed by atoms with Gasteiger partial charge in [-0.1, -0.05) is 70.9 Å². The van der Waals surface area contributed by atoms with Crippen LogP contribution in [-0.4, -0.2) is 28.4 Å². The van der Waals surface area contributed by atoms with E-state index in [0.717, 1.165) is 13.1 Å². The van der Waals surface area contributed by atoms with E-state index in [0.29, 0.717) is 15.3 Å². The Morgan fingerprint density at radius 1 is 0.645 bits per heavy atom. The van der Waals surface area contributed by atoms with Crippen LogP contribution in [0.3, 0.4) is 0 Å². The molecule has 0 atom stereocenters. The van der Waals surface area contributed by atoms with Gasteiger partial charge in [0.25, 0.3) is 0 Å². The maximum Gasteiger partial charge on any atom is 0.138 e. The highest BCUT2D eigenvalue weighted by atomic mass is 28.2. The first-order valence-electron chi connectivity index (χ1n) is 11.4. The van der Waals surface area contributed by atoms with Gasteiger partial charge in [-0.15, -0.1) is 0 Å². The van der Waals surface area contributed by atoms with E-state index in [2.05, 4.69) is 106 Å². The average molecular weight is 427 g/mol. The molecule has 3 aromatic carbocycles. The normalized spacial score (nSPS) is 14.9. The Labute approximate surface area is 190 Å². The maximum atomic E-state index is 2.69. The minimum Gasteiger partial charge on any atom is -0.354 e. The Balaban J connectivity index is 1.84. The minimum absolute atomic E-state index is 0.330. The topological polar surface area (TPSA) is 6.48 Å². The largest absolute Gasteiger partial charge is 0.354 e. The van der Waals surface area contributed by atoms with Gasteiger partial charge in [0.2, 0.25) is 0 Å². The van der Waals surface area contributed by atoms with Gasteiger partial charge < -0.3 is 9.80 Å². The molecule has 0 spiro atoms. The predicted octanol–water partition coefficient (Wildman–Crippen LogP) is 5.57. The number of hydrogen-bond acceptors (Lipinski definition) is 2. The average Bonchev–Trinajstić information content (AvgIpc) is 2.69. The third kappa shape index (κ3) is 4.43. The third-order valence-corrected chi connectivity index (χ3v) is 7.85. The first-order chi connectivity index (χ1) is 14.8. The van der Waals surface area contributed by atoms with Crippen molar-refractivity contribution in [3.05, 3.63) is 88.0 Å². The monoisotopic (exact) mass is 426 g/mol. The van der Waals surface area contributed by atoms with Crippen LogP contribution in [0.4, 0.5) is 11.4 Å². The van der Waals surface area contributed by atoms with Crippen LogP contribution in [0.5, 0.6) is 0 Å². The molecule has 1 aliphatic rings. The van der Waals surface area contributed by atoms with Crippen LogP contribution in [0, 0.1) is 41.5 Å². The number of nitrogens with zero attached hydrogens (tertiary/aromatic N) is 2. The molecule has 1 aliphatic heterocycles. The molecule has 160 valence electrons. The highest BCUT2D eigenvalue weighted by Gasteiger charge is 2.33. The standard InChI is InChI=1S/C28H34N2Si/c1-19-15-21(3)26(22(4)16-19)29-13-10-14-30(27-23(5)17-20(2)18-24(27)6)28(29)31-25-11-8-7-9-12-25/h7-9,11-12,15-18,28H,10,13-14H2,1-6H3. The summed E-state index contributed by atoms with van der Waals surface area (Å²) in [5.41, 5.74) is 11.1. The Bertz CT molecular complexity index is 962. The van der Waals surface area contributed by atoms with E-state index in [4.69, 9.17) is 0 Å². The molecule has 0 aromatic heterocycles. The summed E-state index contributed by atoms with van der Waals surface area (Å²) in [6.07, 6.45) is 1.18. The molecule has 3 heteroatoms. The lowest BCUT2D eigenvalue weighted by Crippen LogP contribution is -2.60. The Kier molecular flexibility index (Phi) is 6.24. The molecule has 2 radical (unpaired) electrons. The van der Waals surface area contributed by atoms with Gasteiger partial charge >= 0.3 is 0 Å². The third-order valence-electron chi connectivity index (χ3n) is 6.30. The van der Waals surface area contributed by atoms with E-state index in [9.17, 15) is 0 Å². The molecule has 0 amide bonds. The molecule has 31 heavy (non-hydrogen) atoms. The zero-order valence-electron chi connectivity index (χ0n) is 19.8. The lowest BCUT2D eigenvalue weighted by Gasteiger charge is -2.48. The van der Waals surface area contributed by atoms with Crippen molar-refractivity contribution in [2.75, 3.05) is 22.9 Å². The minimum atomic E-state index is 0.330. The second-order valence-electron chi connectivity index (χ2n) is 9.12. The quantitative estimate of drug-likeness (QED) is 0.504. The zero-order valence-corrected chi connectivity index (χ0v) is 20.8. The summed E-state index contributed by atoms with van der Waals surface area (Å²) >= 11 is 0. The van der Waals surface area contributed by atoms with Crippen LogP contribution in [0.15, 0.2) is 54.6 Å². The van der Waals surface area contributed by atoms with Crippen molar-refractivity contribution >= 4 is 26.1 Å². The van der Waals surface area contributed by atoms with Crippen molar-refractivity contribution in [2.45, 2.75) is 53.8 Å². The summed E-state index contributed by atoms with van der Waals surface area (Å²) in [5.74, 6) is 0.330. The van der Waals surface area contributed by atoms with Gasteiger partial charge in [0, 0.05) is 24.5 Å². The Hall–Kier alpha value is -2.52. The lowest BCUT2D eigenvalue weighted by molar-refractivity contribution is 0.573. The van der Waals surface area contributed by atoms with E-state index < -0.39 is 0 Å². The fourth-order valence-corrected chi connectivity index (χ4v) is 6.89. The van der Waals surface area contributed by atoms with E-state index in [-0.39, 0.29) is 0 Å². The molecule has 1 fully saturated rings. The van der Waals surface area contributed by atoms with Gasteiger partial charge in [0.05, 0.1) is 5.79 Å². The number of anilines is 2. The van der Waals surface area contributed by atoms with Gasteiger partial charge in [-0.2, -0.15) is 0 Å². The van der Waals surface area contributed by atoms with Crippen molar-refractivity contribution in [3.63, 3.8) is 0 Å². The first kappa shape index (κ1) is 21.7. The predicted molar refractivity (Wildman–Crippen MR) is 136 cm³/mol. The smallest absolute Gasteiger partial charge is 0.138 e. The van der Waals surface area contributed by atoms with Crippen molar-refractivity contribution in [3.8, 4) is 0 Å².